The molecule has 0 saturated carbocycles. The number of carbonyl (C=O) groups excluding carboxylic acids is 1. The van der Waals surface area contributed by atoms with Crippen LogP contribution in [0.1, 0.15) is 21.5 Å². The van der Waals surface area contributed by atoms with Crippen LogP contribution in [-0.2, 0) is 13.6 Å². The molecule has 0 saturated heterocycles. The SMILES string of the molecule is Cn1c(=NCC(F)F)n(CC(F)F)c2cc(Br)c(C(=O)c3cc(F)ccc3Cl)c(C#N)c21. The Balaban J connectivity index is 2.40. The van der Waals surface area contributed by atoms with E-state index in [-0.39, 0.29) is 42.8 Å². The number of alkyl halides is 4. The zero-order chi connectivity index (χ0) is 23.7. The van der Waals surface area contributed by atoms with Crippen LogP contribution in [0.5, 0.6) is 0 Å². The minimum atomic E-state index is -2.84. The van der Waals surface area contributed by atoms with Crippen molar-refractivity contribution < 1.29 is 26.7 Å². The lowest BCUT2D eigenvalue weighted by Crippen LogP contribution is -2.27. The van der Waals surface area contributed by atoms with Crippen molar-refractivity contribution in [1.29, 1.82) is 5.26 Å². The van der Waals surface area contributed by atoms with Gasteiger partial charge in [0.15, 0.2) is 5.78 Å². The highest BCUT2D eigenvalue weighted by Crippen LogP contribution is 2.32. The number of rotatable bonds is 6. The molecule has 2 aromatic carbocycles. The molecule has 32 heavy (non-hydrogen) atoms. The number of hydrogen-bond acceptors (Lipinski definition) is 3. The molecule has 0 bridgehead atoms. The van der Waals surface area contributed by atoms with Gasteiger partial charge in [-0.15, -0.1) is 0 Å². The zero-order valence-corrected chi connectivity index (χ0v) is 18.6. The van der Waals surface area contributed by atoms with E-state index in [9.17, 15) is 32.0 Å². The van der Waals surface area contributed by atoms with Gasteiger partial charge in [-0.2, -0.15) is 5.26 Å². The maximum Gasteiger partial charge on any atom is 0.257 e. The first-order chi connectivity index (χ1) is 15.1. The summed E-state index contributed by atoms with van der Waals surface area (Å²) in [7, 11) is 1.35. The molecular weight excluding hydrogens is 523 g/mol. The van der Waals surface area contributed by atoms with Gasteiger partial charge in [-0.3, -0.25) is 4.79 Å². The van der Waals surface area contributed by atoms with E-state index in [1.54, 1.807) is 0 Å². The maximum absolute atomic E-state index is 13.7. The molecule has 0 aliphatic rings. The van der Waals surface area contributed by atoms with Crippen LogP contribution in [0.3, 0.4) is 0 Å². The monoisotopic (exact) mass is 534 g/mol. The van der Waals surface area contributed by atoms with Gasteiger partial charge in [0.2, 0.25) is 5.62 Å². The van der Waals surface area contributed by atoms with Crippen LogP contribution < -0.4 is 5.62 Å². The topological polar surface area (TPSA) is 63.1 Å². The molecule has 0 aliphatic carbocycles. The first-order valence-electron chi connectivity index (χ1n) is 8.95. The number of ketones is 1. The van der Waals surface area contributed by atoms with Gasteiger partial charge in [0.05, 0.1) is 33.7 Å². The predicted molar refractivity (Wildman–Crippen MR) is 111 cm³/mol. The summed E-state index contributed by atoms with van der Waals surface area (Å²) in [5.74, 6) is -1.51. The number of fused-ring (bicyclic) bond motifs is 1. The second-order valence-electron chi connectivity index (χ2n) is 6.63. The van der Waals surface area contributed by atoms with Gasteiger partial charge in [-0.05, 0) is 40.2 Å². The van der Waals surface area contributed by atoms with Crippen molar-refractivity contribution in [2.75, 3.05) is 6.54 Å². The Kier molecular flexibility index (Phi) is 7.05. The van der Waals surface area contributed by atoms with Crippen molar-refractivity contribution in [1.82, 2.24) is 9.13 Å². The first-order valence-corrected chi connectivity index (χ1v) is 10.1. The maximum atomic E-state index is 13.7. The van der Waals surface area contributed by atoms with Gasteiger partial charge >= 0.3 is 0 Å². The van der Waals surface area contributed by atoms with Crippen LogP contribution in [0, 0.1) is 17.1 Å². The second-order valence-corrected chi connectivity index (χ2v) is 7.90. The summed E-state index contributed by atoms with van der Waals surface area (Å²) >= 11 is 9.21. The lowest BCUT2D eigenvalue weighted by Gasteiger charge is -2.11. The lowest BCUT2D eigenvalue weighted by molar-refractivity contribution is 0.103. The number of benzene rings is 2. The third-order valence-corrected chi connectivity index (χ3v) is 5.56. The molecule has 3 rings (SSSR count). The highest BCUT2D eigenvalue weighted by molar-refractivity contribution is 9.10. The molecule has 0 atom stereocenters. The standard InChI is InChI=1S/C20H13BrClF5N4O/c1-30-18-11(6-28)17(19(32)10-4-9(23)2-3-13(10)22)12(21)5-14(18)31(8-16(26)27)20(30)29-7-15(24)25/h2-5,15-16H,7-8H2,1H3. The molecule has 12 heteroatoms. The van der Waals surface area contributed by atoms with Gasteiger partial charge in [0, 0.05) is 17.1 Å². The molecule has 0 N–H and O–H groups in total. The van der Waals surface area contributed by atoms with E-state index in [1.807, 2.05) is 6.07 Å². The fourth-order valence-electron chi connectivity index (χ4n) is 3.36. The highest BCUT2D eigenvalue weighted by Gasteiger charge is 2.26. The Morgan fingerprint density at radius 2 is 1.94 bits per heavy atom. The van der Waals surface area contributed by atoms with Crippen molar-refractivity contribution >= 4 is 44.3 Å². The Morgan fingerprint density at radius 3 is 2.53 bits per heavy atom. The summed E-state index contributed by atoms with van der Waals surface area (Å²) in [6, 6.07) is 6.32. The molecule has 0 fully saturated rings. The average molecular weight is 536 g/mol. The number of imidazole rings is 1. The second kappa shape index (κ2) is 9.42. The molecule has 0 spiro atoms. The number of carbonyl (C=O) groups is 1. The minimum absolute atomic E-state index is 0.0280. The number of aromatic nitrogens is 2. The van der Waals surface area contributed by atoms with E-state index in [0.717, 1.165) is 16.7 Å². The van der Waals surface area contributed by atoms with E-state index in [0.29, 0.717) is 0 Å². The average Bonchev–Trinajstić information content (AvgIpc) is 2.96. The molecule has 0 radical (unpaired) electrons. The largest absolute Gasteiger partial charge is 0.312 e. The number of aryl methyl sites for hydroxylation is 1. The lowest BCUT2D eigenvalue weighted by atomic mass is 9.97. The van der Waals surface area contributed by atoms with Gasteiger partial charge in [0.25, 0.3) is 12.9 Å². The molecular formula is C20H13BrClF5N4O. The Hall–Kier alpha value is -2.71. The molecule has 0 unspecified atom stereocenters. The zero-order valence-electron chi connectivity index (χ0n) is 16.2. The summed E-state index contributed by atoms with van der Waals surface area (Å²) in [4.78, 5) is 16.9. The molecule has 5 nitrogen and oxygen atoms in total. The van der Waals surface area contributed by atoms with Crippen molar-refractivity contribution in [2.24, 2.45) is 12.0 Å². The van der Waals surface area contributed by atoms with Crippen molar-refractivity contribution in [2.45, 2.75) is 19.4 Å². The van der Waals surface area contributed by atoms with Gasteiger partial charge in [-0.1, -0.05) is 11.6 Å². The van der Waals surface area contributed by atoms with E-state index >= 15 is 0 Å². The summed E-state index contributed by atoms with van der Waals surface area (Å²) in [5.41, 5.74) is -0.745. The molecule has 0 aliphatic heterocycles. The van der Waals surface area contributed by atoms with Crippen molar-refractivity contribution in [3.8, 4) is 6.07 Å². The number of nitriles is 1. The fourth-order valence-corrected chi connectivity index (χ4v) is 4.16. The first kappa shape index (κ1) is 23.9. The Morgan fingerprint density at radius 1 is 1.25 bits per heavy atom. The summed E-state index contributed by atoms with van der Waals surface area (Å²) < 4.78 is 67.9. The van der Waals surface area contributed by atoms with Crippen LogP contribution in [-0.4, -0.2) is 34.3 Å². The van der Waals surface area contributed by atoms with Crippen molar-refractivity contribution in [3.05, 3.63) is 61.9 Å². The predicted octanol–water partition coefficient (Wildman–Crippen LogP) is 5.07. The smallest absolute Gasteiger partial charge is 0.257 e. The van der Waals surface area contributed by atoms with E-state index in [4.69, 9.17) is 11.6 Å². The Labute approximate surface area is 191 Å². The van der Waals surface area contributed by atoms with E-state index in [1.165, 1.54) is 23.7 Å². The van der Waals surface area contributed by atoms with Crippen LogP contribution in [0.25, 0.3) is 11.0 Å². The fraction of sp³-hybridized carbons (Fsp3) is 0.250. The van der Waals surface area contributed by atoms with Crippen LogP contribution in [0.2, 0.25) is 5.02 Å². The quantitative estimate of drug-likeness (QED) is 0.327. The molecule has 0 amide bonds. The summed E-state index contributed by atoms with van der Waals surface area (Å²) in [6.45, 7) is -1.82. The number of halogens is 7. The van der Waals surface area contributed by atoms with Crippen LogP contribution in [0.4, 0.5) is 22.0 Å². The normalized spacial score (nSPS) is 12.2. The number of nitrogens with zero attached hydrogens (tertiary/aromatic N) is 4. The van der Waals surface area contributed by atoms with Crippen molar-refractivity contribution in [3.63, 3.8) is 0 Å². The van der Waals surface area contributed by atoms with Crippen LogP contribution >= 0.6 is 27.5 Å². The van der Waals surface area contributed by atoms with E-state index in [2.05, 4.69) is 20.9 Å². The molecule has 3 aromatic rings. The third kappa shape index (κ3) is 4.42. The summed E-state index contributed by atoms with van der Waals surface area (Å²) in [5, 5.41) is 9.78. The van der Waals surface area contributed by atoms with Crippen LogP contribution in [0.15, 0.2) is 33.7 Å². The van der Waals surface area contributed by atoms with Gasteiger partial charge < -0.3 is 9.13 Å². The molecule has 1 heterocycles. The van der Waals surface area contributed by atoms with Gasteiger partial charge in [0.1, 0.15) is 18.4 Å². The molecule has 1 aromatic heterocycles. The van der Waals surface area contributed by atoms with Gasteiger partial charge in [-0.25, -0.2) is 26.9 Å². The van der Waals surface area contributed by atoms with E-state index < -0.39 is 37.5 Å². The Bertz CT molecular complexity index is 1330. The highest BCUT2D eigenvalue weighted by atomic mass is 79.9. The molecule has 168 valence electrons. The third-order valence-electron chi connectivity index (χ3n) is 4.60. The number of hydrogen-bond donors (Lipinski definition) is 0. The minimum Gasteiger partial charge on any atom is -0.312 e. The summed E-state index contributed by atoms with van der Waals surface area (Å²) in [6.07, 6.45) is -5.66.